The van der Waals surface area contributed by atoms with Crippen LogP contribution in [-0.2, 0) is 17.9 Å². The summed E-state index contributed by atoms with van der Waals surface area (Å²) < 4.78 is 15.9. The summed E-state index contributed by atoms with van der Waals surface area (Å²) in [6, 6.07) is 13.2. The van der Waals surface area contributed by atoms with Crippen LogP contribution in [0, 0.1) is 0 Å². The van der Waals surface area contributed by atoms with Gasteiger partial charge in [-0.3, -0.25) is 4.79 Å². The van der Waals surface area contributed by atoms with Gasteiger partial charge in [0.1, 0.15) is 0 Å². The molecule has 0 aromatic heterocycles. The van der Waals surface area contributed by atoms with Crippen LogP contribution in [0.5, 0.6) is 11.5 Å². The fourth-order valence-electron chi connectivity index (χ4n) is 2.30. The van der Waals surface area contributed by atoms with Crippen molar-refractivity contribution in [3.05, 3.63) is 59.2 Å². The average Bonchev–Trinajstić information content (AvgIpc) is 3.06. The fraction of sp³-hybridized carbons (Fsp3) is 0.278. The Bertz CT molecular complexity index is 682. The number of amides is 1. The molecule has 1 aliphatic rings. The average molecular weight is 313 g/mol. The lowest BCUT2D eigenvalue weighted by atomic mass is 10.1. The van der Waals surface area contributed by atoms with Crippen LogP contribution in [0.3, 0.4) is 0 Å². The third kappa shape index (κ3) is 3.81. The normalized spacial score (nSPS) is 12.2. The van der Waals surface area contributed by atoms with Gasteiger partial charge < -0.3 is 19.5 Å². The molecule has 120 valence electrons. The second-order valence-electron chi connectivity index (χ2n) is 5.20. The topological polar surface area (TPSA) is 56.8 Å². The van der Waals surface area contributed by atoms with Gasteiger partial charge in [0.2, 0.25) is 6.79 Å². The van der Waals surface area contributed by atoms with Gasteiger partial charge in [-0.25, -0.2) is 0 Å². The maximum atomic E-state index is 12.2. The summed E-state index contributed by atoms with van der Waals surface area (Å²) in [5, 5.41) is 2.90. The van der Waals surface area contributed by atoms with Crippen LogP contribution in [0.4, 0.5) is 0 Å². The van der Waals surface area contributed by atoms with Crippen molar-refractivity contribution in [1.29, 1.82) is 0 Å². The van der Waals surface area contributed by atoms with Crippen LogP contribution in [0.2, 0.25) is 0 Å². The molecule has 0 spiro atoms. The predicted molar refractivity (Wildman–Crippen MR) is 85.5 cm³/mol. The molecule has 5 heteroatoms. The number of ether oxygens (including phenoxy) is 3. The van der Waals surface area contributed by atoms with E-state index >= 15 is 0 Å². The molecule has 1 aliphatic heterocycles. The quantitative estimate of drug-likeness (QED) is 0.891. The van der Waals surface area contributed by atoms with Crippen LogP contribution in [0.15, 0.2) is 42.5 Å². The largest absolute Gasteiger partial charge is 0.454 e. The van der Waals surface area contributed by atoms with Crippen molar-refractivity contribution < 1.29 is 19.0 Å². The summed E-state index contributed by atoms with van der Waals surface area (Å²) in [6.45, 7) is 3.96. The number of hydrogen-bond acceptors (Lipinski definition) is 4. The molecule has 0 unspecified atom stereocenters. The van der Waals surface area contributed by atoms with E-state index < -0.39 is 0 Å². The van der Waals surface area contributed by atoms with Crippen LogP contribution in [0.25, 0.3) is 0 Å². The minimum absolute atomic E-state index is 0.137. The Hall–Kier alpha value is -2.53. The molecule has 0 saturated heterocycles. The van der Waals surface area contributed by atoms with Gasteiger partial charge in [0.25, 0.3) is 5.91 Å². The highest BCUT2D eigenvalue weighted by Crippen LogP contribution is 2.32. The van der Waals surface area contributed by atoms with E-state index in [-0.39, 0.29) is 12.7 Å². The van der Waals surface area contributed by atoms with Crippen molar-refractivity contribution in [1.82, 2.24) is 5.32 Å². The number of hydrogen-bond donors (Lipinski definition) is 1. The van der Waals surface area contributed by atoms with E-state index in [1.54, 1.807) is 18.2 Å². The third-order valence-corrected chi connectivity index (χ3v) is 3.58. The van der Waals surface area contributed by atoms with Crippen molar-refractivity contribution in [2.45, 2.75) is 20.1 Å². The van der Waals surface area contributed by atoms with E-state index in [4.69, 9.17) is 14.2 Å². The molecule has 0 radical (unpaired) electrons. The first-order valence-electron chi connectivity index (χ1n) is 7.59. The van der Waals surface area contributed by atoms with Gasteiger partial charge in [0.05, 0.1) is 6.61 Å². The van der Waals surface area contributed by atoms with Gasteiger partial charge >= 0.3 is 0 Å². The number of nitrogens with one attached hydrogen (secondary N) is 1. The van der Waals surface area contributed by atoms with E-state index in [9.17, 15) is 4.79 Å². The first-order valence-corrected chi connectivity index (χ1v) is 7.59. The first-order chi connectivity index (χ1) is 11.3. The highest BCUT2D eigenvalue weighted by Gasteiger charge is 2.15. The third-order valence-electron chi connectivity index (χ3n) is 3.58. The van der Waals surface area contributed by atoms with E-state index in [1.165, 1.54) is 0 Å². The molecule has 0 aliphatic carbocycles. The summed E-state index contributed by atoms with van der Waals surface area (Å²) in [7, 11) is 0. The molecule has 0 atom stereocenters. The van der Waals surface area contributed by atoms with Gasteiger partial charge in [0.15, 0.2) is 11.5 Å². The van der Waals surface area contributed by atoms with E-state index in [0.29, 0.717) is 36.8 Å². The van der Waals surface area contributed by atoms with E-state index in [1.807, 2.05) is 31.2 Å². The Morgan fingerprint density at radius 1 is 1.09 bits per heavy atom. The molecule has 1 heterocycles. The number of carbonyl (C=O) groups is 1. The van der Waals surface area contributed by atoms with Gasteiger partial charge in [-0.1, -0.05) is 24.3 Å². The number of fused-ring (bicyclic) bond motifs is 1. The summed E-state index contributed by atoms with van der Waals surface area (Å²) in [5.74, 6) is 1.14. The monoisotopic (exact) mass is 313 g/mol. The molecular weight excluding hydrogens is 294 g/mol. The van der Waals surface area contributed by atoms with Crippen LogP contribution in [0.1, 0.15) is 28.4 Å². The maximum Gasteiger partial charge on any atom is 0.251 e. The standard InChI is InChI=1S/C18H19NO4/c1-2-21-11-14-5-3-13(4-6-14)10-19-18(20)15-7-8-16-17(9-15)23-12-22-16/h3-9H,2,10-12H2,1H3,(H,19,20). The Morgan fingerprint density at radius 3 is 2.61 bits per heavy atom. The number of benzene rings is 2. The lowest BCUT2D eigenvalue weighted by molar-refractivity contribution is 0.0950. The molecule has 0 bridgehead atoms. The zero-order valence-electron chi connectivity index (χ0n) is 13.0. The van der Waals surface area contributed by atoms with E-state index in [2.05, 4.69) is 5.32 Å². The lowest BCUT2D eigenvalue weighted by Crippen LogP contribution is -2.22. The summed E-state index contributed by atoms with van der Waals surface area (Å²) in [6.07, 6.45) is 0. The Labute approximate surface area is 135 Å². The Kier molecular flexibility index (Phi) is 4.78. The summed E-state index contributed by atoms with van der Waals surface area (Å²) in [5.41, 5.74) is 2.72. The Balaban J connectivity index is 1.56. The smallest absolute Gasteiger partial charge is 0.251 e. The van der Waals surface area contributed by atoms with Crippen molar-refractivity contribution in [3.63, 3.8) is 0 Å². The molecule has 23 heavy (non-hydrogen) atoms. The molecular formula is C18H19NO4. The highest BCUT2D eigenvalue weighted by atomic mass is 16.7. The van der Waals surface area contributed by atoms with Crippen molar-refractivity contribution in [2.24, 2.45) is 0 Å². The first kappa shape index (κ1) is 15.4. The minimum Gasteiger partial charge on any atom is -0.454 e. The second kappa shape index (κ2) is 7.15. The molecule has 5 nitrogen and oxygen atoms in total. The zero-order chi connectivity index (χ0) is 16.1. The molecule has 1 N–H and O–H groups in total. The molecule has 2 aromatic carbocycles. The molecule has 2 aromatic rings. The minimum atomic E-state index is -0.137. The zero-order valence-corrected chi connectivity index (χ0v) is 13.0. The maximum absolute atomic E-state index is 12.2. The molecule has 3 rings (SSSR count). The number of rotatable bonds is 6. The summed E-state index contributed by atoms with van der Waals surface area (Å²) >= 11 is 0. The summed E-state index contributed by atoms with van der Waals surface area (Å²) in [4.78, 5) is 12.2. The molecule has 0 fully saturated rings. The van der Waals surface area contributed by atoms with Crippen molar-refractivity contribution >= 4 is 5.91 Å². The Morgan fingerprint density at radius 2 is 1.83 bits per heavy atom. The fourth-order valence-corrected chi connectivity index (χ4v) is 2.30. The van der Waals surface area contributed by atoms with Gasteiger partial charge in [-0.15, -0.1) is 0 Å². The van der Waals surface area contributed by atoms with Crippen LogP contribution < -0.4 is 14.8 Å². The number of carbonyl (C=O) groups excluding carboxylic acids is 1. The van der Waals surface area contributed by atoms with Crippen molar-refractivity contribution in [3.8, 4) is 11.5 Å². The molecule has 1 amide bonds. The van der Waals surface area contributed by atoms with Crippen LogP contribution >= 0.6 is 0 Å². The van der Waals surface area contributed by atoms with Gasteiger partial charge in [-0.05, 0) is 36.2 Å². The predicted octanol–water partition coefficient (Wildman–Crippen LogP) is 2.88. The SMILES string of the molecule is CCOCc1ccc(CNC(=O)c2ccc3c(c2)OCO3)cc1. The highest BCUT2D eigenvalue weighted by molar-refractivity contribution is 5.94. The van der Waals surface area contributed by atoms with Gasteiger partial charge in [-0.2, -0.15) is 0 Å². The lowest BCUT2D eigenvalue weighted by Gasteiger charge is -2.07. The van der Waals surface area contributed by atoms with Crippen LogP contribution in [-0.4, -0.2) is 19.3 Å². The van der Waals surface area contributed by atoms with Gasteiger partial charge in [0, 0.05) is 18.7 Å². The van der Waals surface area contributed by atoms with E-state index in [0.717, 1.165) is 11.1 Å². The van der Waals surface area contributed by atoms with Crippen molar-refractivity contribution in [2.75, 3.05) is 13.4 Å². The molecule has 0 saturated carbocycles. The second-order valence-corrected chi connectivity index (χ2v) is 5.20.